The van der Waals surface area contributed by atoms with Crippen LogP contribution in [0.15, 0.2) is 65.7 Å². The Kier molecular flexibility index (Phi) is 7.82. The van der Waals surface area contributed by atoms with Gasteiger partial charge in [-0.05, 0) is 49.6 Å². The number of nitrogens with one attached hydrogen (secondary N) is 1. The average molecular weight is 606 g/mol. The van der Waals surface area contributed by atoms with Gasteiger partial charge in [-0.3, -0.25) is 9.10 Å². The van der Waals surface area contributed by atoms with E-state index in [-0.39, 0.29) is 41.1 Å². The van der Waals surface area contributed by atoms with Gasteiger partial charge in [-0.15, -0.1) is 0 Å². The van der Waals surface area contributed by atoms with Gasteiger partial charge in [-0.2, -0.15) is 30.7 Å². The Morgan fingerprint density at radius 2 is 1.66 bits per heavy atom. The van der Waals surface area contributed by atoms with E-state index in [2.05, 4.69) is 10.3 Å². The second-order valence-electron chi connectivity index (χ2n) is 9.43. The number of anilines is 1. The van der Waals surface area contributed by atoms with Gasteiger partial charge in [0.15, 0.2) is 0 Å². The maximum Gasteiger partial charge on any atom is 0.430 e. The van der Waals surface area contributed by atoms with Crippen molar-refractivity contribution in [2.24, 2.45) is 0 Å². The number of pyridine rings is 1. The molecule has 7 nitrogen and oxygen atoms in total. The number of hydrogen-bond donors (Lipinski definition) is 2. The zero-order valence-electron chi connectivity index (χ0n) is 21.1. The molecule has 0 aliphatic carbocycles. The molecule has 0 radical (unpaired) electrons. The second-order valence-corrected chi connectivity index (χ2v) is 11.2. The Balaban J connectivity index is 1.78. The van der Waals surface area contributed by atoms with Gasteiger partial charge in [0.1, 0.15) is 0 Å². The number of sulfonamides is 1. The predicted molar refractivity (Wildman–Crippen MR) is 132 cm³/mol. The summed E-state index contributed by atoms with van der Waals surface area (Å²) in [7, 11) is -4.46. The van der Waals surface area contributed by atoms with Gasteiger partial charge in [-0.25, -0.2) is 13.4 Å². The van der Waals surface area contributed by atoms with E-state index in [0.29, 0.717) is 12.1 Å². The normalized spacial score (nSPS) is 16.3. The first-order valence-electron chi connectivity index (χ1n) is 12.0. The third-order valence-electron chi connectivity index (χ3n) is 6.70. The zero-order valence-corrected chi connectivity index (χ0v) is 21.9. The lowest BCUT2D eigenvalue weighted by Crippen LogP contribution is -2.54. The first-order chi connectivity index (χ1) is 19.0. The third kappa shape index (κ3) is 5.60. The van der Waals surface area contributed by atoms with Crippen molar-refractivity contribution in [1.29, 1.82) is 0 Å². The minimum atomic E-state index is -6.12. The van der Waals surface area contributed by atoms with Crippen LogP contribution in [0.4, 0.5) is 36.4 Å². The summed E-state index contributed by atoms with van der Waals surface area (Å²) >= 11 is 0. The number of benzene rings is 2. The summed E-state index contributed by atoms with van der Waals surface area (Å²) in [6.45, 7) is 1.38. The molecule has 2 aromatic carbocycles. The number of halogens is 7. The van der Waals surface area contributed by atoms with Crippen LogP contribution in [0.3, 0.4) is 0 Å². The highest BCUT2D eigenvalue weighted by molar-refractivity contribution is 7.92. The van der Waals surface area contributed by atoms with Crippen molar-refractivity contribution in [2.45, 2.75) is 48.7 Å². The van der Waals surface area contributed by atoms with Crippen LogP contribution < -0.4 is 9.62 Å². The predicted octanol–water partition coefficient (Wildman–Crippen LogP) is 4.78. The summed E-state index contributed by atoms with van der Waals surface area (Å²) in [6.07, 6.45) is -11.5. The van der Waals surface area contributed by atoms with Crippen LogP contribution in [0.5, 0.6) is 0 Å². The van der Waals surface area contributed by atoms with Crippen LogP contribution in [0, 0.1) is 12.9 Å². The monoisotopic (exact) mass is 605 g/mol. The summed E-state index contributed by atoms with van der Waals surface area (Å²) in [6, 6.07) is 8.26. The number of rotatable bonds is 6. The number of aliphatic hydroxyl groups is 1. The third-order valence-corrected chi connectivity index (χ3v) is 8.58. The Morgan fingerprint density at radius 3 is 2.24 bits per heavy atom. The summed E-state index contributed by atoms with van der Waals surface area (Å²) in [4.78, 5) is 15.7. The molecule has 2 heterocycles. The van der Waals surface area contributed by atoms with Crippen LogP contribution in [-0.2, 0) is 22.0 Å². The maximum absolute atomic E-state index is 13.8. The summed E-state index contributed by atoms with van der Waals surface area (Å²) < 4.78 is 123. The van der Waals surface area contributed by atoms with Crippen LogP contribution >= 0.6 is 0 Å². The van der Waals surface area contributed by atoms with Gasteiger partial charge >= 0.3 is 12.4 Å². The van der Waals surface area contributed by atoms with Crippen molar-refractivity contribution in [1.82, 2.24) is 10.3 Å². The minimum Gasteiger partial charge on any atom is -0.369 e. The minimum absolute atomic E-state index is 0.107. The molecule has 1 aliphatic heterocycles. The standard InChI is InChI=1S/C26H22F7N3O4S/c1-15-2-7-20(8-3-15)41(39,40)36-19(14-35-23(37)17-10-11-34-22(27)13-17)6-4-16-12-18(5-9-21(16)36)24(38,25(28,29)30)26(31,32)33/h2-3,5,7-13,19,38H,4,6,14H2,1H3,(H,35,37)/t19-/m0/s1. The highest BCUT2D eigenvalue weighted by atomic mass is 32.2. The van der Waals surface area contributed by atoms with Gasteiger partial charge < -0.3 is 10.4 Å². The Morgan fingerprint density at radius 1 is 1.02 bits per heavy atom. The maximum atomic E-state index is 13.8. The molecular weight excluding hydrogens is 583 g/mol. The van der Waals surface area contributed by atoms with Crippen molar-refractivity contribution >= 4 is 21.6 Å². The zero-order chi connectivity index (χ0) is 30.4. The molecule has 1 amide bonds. The van der Waals surface area contributed by atoms with E-state index in [1.54, 1.807) is 6.92 Å². The van der Waals surface area contributed by atoms with E-state index in [1.165, 1.54) is 30.3 Å². The molecule has 220 valence electrons. The van der Waals surface area contributed by atoms with Crippen molar-refractivity contribution in [3.05, 3.63) is 89.0 Å². The van der Waals surface area contributed by atoms with E-state index in [1.807, 2.05) is 0 Å². The van der Waals surface area contributed by atoms with Crippen molar-refractivity contribution < 1.29 is 49.1 Å². The fourth-order valence-electron chi connectivity index (χ4n) is 4.54. The molecule has 0 fully saturated rings. The second kappa shape index (κ2) is 10.6. The van der Waals surface area contributed by atoms with Crippen molar-refractivity contribution in [2.75, 3.05) is 10.8 Å². The highest BCUT2D eigenvalue weighted by Crippen LogP contribution is 2.51. The molecule has 0 saturated heterocycles. The summed E-state index contributed by atoms with van der Waals surface area (Å²) in [5, 5.41) is 12.3. The SMILES string of the molecule is Cc1ccc(S(=O)(=O)N2c3ccc(C(O)(C(F)(F)F)C(F)(F)F)cc3CC[C@H]2CNC(=O)c2ccnc(F)c2)cc1. The molecule has 15 heteroatoms. The fraction of sp³-hybridized carbons (Fsp3) is 0.308. The lowest BCUT2D eigenvalue weighted by Gasteiger charge is -2.39. The van der Waals surface area contributed by atoms with Gasteiger partial charge in [-0.1, -0.05) is 29.8 Å². The number of nitrogens with zero attached hydrogens (tertiary/aromatic N) is 2. The molecule has 0 saturated carbocycles. The van der Waals surface area contributed by atoms with Gasteiger partial charge in [0, 0.05) is 29.9 Å². The van der Waals surface area contributed by atoms with Gasteiger partial charge in [0.05, 0.1) is 16.6 Å². The first-order valence-corrected chi connectivity index (χ1v) is 13.4. The molecule has 1 aliphatic rings. The molecule has 41 heavy (non-hydrogen) atoms. The number of carbonyl (C=O) groups is 1. The van der Waals surface area contributed by atoms with E-state index in [9.17, 15) is 49.1 Å². The van der Waals surface area contributed by atoms with Crippen LogP contribution in [-0.4, -0.2) is 49.4 Å². The van der Waals surface area contributed by atoms with E-state index in [0.717, 1.165) is 28.2 Å². The number of aryl methyl sites for hydroxylation is 2. The lowest BCUT2D eigenvalue weighted by atomic mass is 9.88. The molecular formula is C26H22F7N3O4S. The Labute approximate surface area is 229 Å². The first kappa shape index (κ1) is 30.2. The topological polar surface area (TPSA) is 99.6 Å². The van der Waals surface area contributed by atoms with Crippen molar-refractivity contribution in [3.63, 3.8) is 0 Å². The van der Waals surface area contributed by atoms with Gasteiger partial charge in [0.25, 0.3) is 21.5 Å². The number of alkyl halides is 6. The summed E-state index contributed by atoms with van der Waals surface area (Å²) in [5.74, 6) is -1.69. The molecule has 1 atom stereocenters. The quantitative estimate of drug-likeness (QED) is 0.311. The summed E-state index contributed by atoms with van der Waals surface area (Å²) in [5.41, 5.74) is -6.51. The number of amides is 1. The van der Waals surface area contributed by atoms with E-state index >= 15 is 0 Å². The largest absolute Gasteiger partial charge is 0.430 e. The molecule has 4 rings (SSSR count). The molecule has 1 aromatic heterocycles. The number of hydrogen-bond acceptors (Lipinski definition) is 5. The Bertz CT molecular complexity index is 1540. The van der Waals surface area contributed by atoms with Crippen LogP contribution in [0.2, 0.25) is 0 Å². The smallest absolute Gasteiger partial charge is 0.369 e. The average Bonchev–Trinajstić information content (AvgIpc) is 2.89. The van der Waals surface area contributed by atoms with Crippen LogP contribution in [0.1, 0.15) is 33.5 Å². The fourth-order valence-corrected chi connectivity index (χ4v) is 6.26. The van der Waals surface area contributed by atoms with E-state index in [4.69, 9.17) is 0 Å². The molecule has 0 unspecified atom stereocenters. The highest BCUT2D eigenvalue weighted by Gasteiger charge is 2.71. The number of fused-ring (bicyclic) bond motifs is 1. The van der Waals surface area contributed by atoms with Crippen LogP contribution in [0.25, 0.3) is 0 Å². The number of aromatic nitrogens is 1. The molecule has 0 bridgehead atoms. The number of carbonyl (C=O) groups excluding carboxylic acids is 1. The van der Waals surface area contributed by atoms with E-state index < -0.39 is 51.4 Å². The van der Waals surface area contributed by atoms with Gasteiger partial charge in [0.2, 0.25) is 5.95 Å². The molecule has 0 spiro atoms. The lowest BCUT2D eigenvalue weighted by molar-refractivity contribution is -0.376. The van der Waals surface area contributed by atoms with Crippen molar-refractivity contribution in [3.8, 4) is 0 Å². The molecule has 3 aromatic rings. The Hall–Kier alpha value is -3.72. The molecule has 2 N–H and O–H groups in total.